The van der Waals surface area contributed by atoms with Crippen LogP contribution in [0.5, 0.6) is 0 Å². The summed E-state index contributed by atoms with van der Waals surface area (Å²) < 4.78 is 5.13. The second-order valence-corrected chi connectivity index (χ2v) is 6.38. The summed E-state index contributed by atoms with van der Waals surface area (Å²) in [6, 6.07) is 9.08. The minimum Gasteiger partial charge on any atom is -0.383 e. The molecule has 1 aliphatic carbocycles. The molecule has 0 aliphatic heterocycles. The van der Waals surface area contributed by atoms with Gasteiger partial charge < -0.3 is 10.1 Å². The summed E-state index contributed by atoms with van der Waals surface area (Å²) in [7, 11) is 1.76. The van der Waals surface area contributed by atoms with Crippen molar-refractivity contribution in [2.75, 3.05) is 26.8 Å². The molecule has 0 radical (unpaired) electrons. The van der Waals surface area contributed by atoms with Crippen LogP contribution in [0.25, 0.3) is 0 Å². The van der Waals surface area contributed by atoms with Crippen LogP contribution in [0.1, 0.15) is 43.7 Å². The predicted octanol–water partition coefficient (Wildman–Crippen LogP) is 3.68. The average molecular weight is 275 g/mol. The number of rotatable bonds is 8. The Morgan fingerprint density at radius 2 is 2.15 bits per heavy atom. The Balaban J connectivity index is 2.02. The van der Waals surface area contributed by atoms with Gasteiger partial charge >= 0.3 is 0 Å². The second-order valence-electron chi connectivity index (χ2n) is 6.38. The lowest BCUT2D eigenvalue weighted by Gasteiger charge is -2.49. The van der Waals surface area contributed by atoms with Gasteiger partial charge in [-0.25, -0.2) is 0 Å². The molecule has 112 valence electrons. The minimum atomic E-state index is 0.361. The first-order chi connectivity index (χ1) is 9.70. The number of hydrogen-bond donors (Lipinski definition) is 1. The molecule has 1 aliphatic rings. The van der Waals surface area contributed by atoms with Gasteiger partial charge in [0.25, 0.3) is 0 Å². The number of ether oxygens (including phenoxy) is 1. The molecule has 2 rings (SSSR count). The van der Waals surface area contributed by atoms with E-state index in [2.05, 4.69) is 43.4 Å². The molecular formula is C18H29NO. The molecule has 1 aromatic carbocycles. The monoisotopic (exact) mass is 275 g/mol. The minimum absolute atomic E-state index is 0.361. The molecule has 0 spiro atoms. The van der Waals surface area contributed by atoms with Gasteiger partial charge in [-0.15, -0.1) is 0 Å². The fourth-order valence-corrected chi connectivity index (χ4v) is 3.62. The zero-order chi connectivity index (χ0) is 14.4. The van der Waals surface area contributed by atoms with Gasteiger partial charge in [-0.3, -0.25) is 0 Å². The first-order valence-corrected chi connectivity index (χ1v) is 7.97. The molecule has 1 N–H and O–H groups in total. The molecule has 2 heteroatoms. The fraction of sp³-hybridized carbons (Fsp3) is 0.667. The summed E-state index contributed by atoms with van der Waals surface area (Å²) in [4.78, 5) is 0. The van der Waals surface area contributed by atoms with E-state index in [0.29, 0.717) is 5.41 Å². The van der Waals surface area contributed by atoms with Crippen LogP contribution >= 0.6 is 0 Å². The third-order valence-corrected chi connectivity index (χ3v) is 4.63. The molecule has 2 nitrogen and oxygen atoms in total. The van der Waals surface area contributed by atoms with Crippen molar-refractivity contribution < 1.29 is 4.74 Å². The highest BCUT2D eigenvalue weighted by Crippen LogP contribution is 2.49. The van der Waals surface area contributed by atoms with E-state index >= 15 is 0 Å². The van der Waals surface area contributed by atoms with E-state index in [1.54, 1.807) is 7.11 Å². The number of aryl methyl sites for hydroxylation is 1. The molecular weight excluding hydrogens is 246 g/mol. The molecule has 0 heterocycles. The Morgan fingerprint density at radius 3 is 2.80 bits per heavy atom. The third-order valence-electron chi connectivity index (χ3n) is 4.63. The standard InChI is InChI=1S/C18H29NO/c1-4-6-16-12-18(13-16,14-19-9-10-20-3)17-8-5-7-15(2)11-17/h5,7-8,11,16,19H,4,6,9-10,12-14H2,1-3H3. The van der Waals surface area contributed by atoms with Crippen LogP contribution in [0.4, 0.5) is 0 Å². The predicted molar refractivity (Wildman–Crippen MR) is 85.2 cm³/mol. The first kappa shape index (κ1) is 15.5. The topological polar surface area (TPSA) is 21.3 Å². The van der Waals surface area contributed by atoms with Crippen LogP contribution in [-0.2, 0) is 10.2 Å². The van der Waals surface area contributed by atoms with Crippen molar-refractivity contribution in [1.29, 1.82) is 0 Å². The van der Waals surface area contributed by atoms with Crippen molar-refractivity contribution in [3.05, 3.63) is 35.4 Å². The fourth-order valence-electron chi connectivity index (χ4n) is 3.62. The molecule has 0 bridgehead atoms. The van der Waals surface area contributed by atoms with Gasteiger partial charge in [0, 0.05) is 25.6 Å². The van der Waals surface area contributed by atoms with E-state index in [4.69, 9.17) is 4.74 Å². The first-order valence-electron chi connectivity index (χ1n) is 7.97. The normalized spacial score (nSPS) is 25.4. The number of benzene rings is 1. The Morgan fingerprint density at radius 1 is 1.35 bits per heavy atom. The molecule has 1 saturated carbocycles. The highest BCUT2D eigenvalue weighted by atomic mass is 16.5. The van der Waals surface area contributed by atoms with Gasteiger partial charge in [0.2, 0.25) is 0 Å². The van der Waals surface area contributed by atoms with Gasteiger partial charge in [0.15, 0.2) is 0 Å². The van der Waals surface area contributed by atoms with Crippen molar-refractivity contribution in [2.45, 2.75) is 44.9 Å². The Labute approximate surface area is 123 Å². The number of nitrogens with one attached hydrogen (secondary N) is 1. The summed E-state index contributed by atoms with van der Waals surface area (Å²) >= 11 is 0. The Bertz CT molecular complexity index is 410. The van der Waals surface area contributed by atoms with Crippen LogP contribution in [0.15, 0.2) is 24.3 Å². The molecule has 0 saturated heterocycles. The number of hydrogen-bond acceptors (Lipinski definition) is 2. The van der Waals surface area contributed by atoms with E-state index in [9.17, 15) is 0 Å². The van der Waals surface area contributed by atoms with Crippen molar-refractivity contribution in [3.63, 3.8) is 0 Å². The maximum Gasteiger partial charge on any atom is 0.0587 e. The van der Waals surface area contributed by atoms with Gasteiger partial charge in [-0.2, -0.15) is 0 Å². The highest BCUT2D eigenvalue weighted by Gasteiger charge is 2.44. The molecule has 0 aromatic heterocycles. The van der Waals surface area contributed by atoms with Crippen LogP contribution in [0.2, 0.25) is 0 Å². The summed E-state index contributed by atoms with van der Waals surface area (Å²) in [5.74, 6) is 0.921. The van der Waals surface area contributed by atoms with Crippen LogP contribution < -0.4 is 5.32 Å². The van der Waals surface area contributed by atoms with E-state index < -0.39 is 0 Å². The maximum atomic E-state index is 5.13. The molecule has 0 atom stereocenters. The largest absolute Gasteiger partial charge is 0.383 e. The van der Waals surface area contributed by atoms with Crippen molar-refractivity contribution in [2.24, 2.45) is 5.92 Å². The molecule has 1 fully saturated rings. The zero-order valence-corrected chi connectivity index (χ0v) is 13.2. The van der Waals surface area contributed by atoms with E-state index in [1.165, 1.54) is 36.8 Å². The lowest BCUT2D eigenvalue weighted by molar-refractivity contribution is 0.123. The van der Waals surface area contributed by atoms with Crippen LogP contribution in [0, 0.1) is 12.8 Å². The van der Waals surface area contributed by atoms with Crippen molar-refractivity contribution >= 4 is 0 Å². The molecule has 0 unspecified atom stereocenters. The number of methoxy groups -OCH3 is 1. The molecule has 20 heavy (non-hydrogen) atoms. The lowest BCUT2D eigenvalue weighted by Crippen LogP contribution is -2.49. The van der Waals surface area contributed by atoms with Gasteiger partial charge in [0.05, 0.1) is 6.61 Å². The van der Waals surface area contributed by atoms with Gasteiger partial charge in [0.1, 0.15) is 0 Å². The smallest absolute Gasteiger partial charge is 0.0587 e. The van der Waals surface area contributed by atoms with Crippen molar-refractivity contribution in [3.8, 4) is 0 Å². The van der Waals surface area contributed by atoms with E-state index in [1.807, 2.05) is 0 Å². The Kier molecular flexibility index (Phi) is 5.62. The van der Waals surface area contributed by atoms with Gasteiger partial charge in [-0.1, -0.05) is 49.6 Å². The molecule has 0 amide bonds. The molecule has 1 aromatic rings. The quantitative estimate of drug-likeness (QED) is 0.731. The van der Waals surface area contributed by atoms with Crippen LogP contribution in [-0.4, -0.2) is 26.8 Å². The van der Waals surface area contributed by atoms with Crippen LogP contribution in [0.3, 0.4) is 0 Å². The van der Waals surface area contributed by atoms with E-state index in [-0.39, 0.29) is 0 Å². The van der Waals surface area contributed by atoms with E-state index in [0.717, 1.165) is 25.6 Å². The zero-order valence-electron chi connectivity index (χ0n) is 13.2. The Hall–Kier alpha value is -0.860. The third kappa shape index (κ3) is 3.62. The lowest BCUT2D eigenvalue weighted by atomic mass is 9.57. The SMILES string of the molecule is CCCC1CC(CNCCOC)(c2cccc(C)c2)C1. The summed E-state index contributed by atoms with van der Waals surface area (Å²) in [5, 5.41) is 3.58. The summed E-state index contributed by atoms with van der Waals surface area (Å²) in [5.41, 5.74) is 3.26. The van der Waals surface area contributed by atoms with Crippen molar-refractivity contribution in [1.82, 2.24) is 5.32 Å². The summed E-state index contributed by atoms with van der Waals surface area (Å²) in [6.07, 6.45) is 5.37. The summed E-state index contributed by atoms with van der Waals surface area (Å²) in [6.45, 7) is 7.31. The highest BCUT2D eigenvalue weighted by molar-refractivity contribution is 5.33. The van der Waals surface area contributed by atoms with Gasteiger partial charge in [-0.05, 0) is 31.2 Å². The second kappa shape index (κ2) is 7.24. The maximum absolute atomic E-state index is 5.13. The average Bonchev–Trinajstić information content (AvgIpc) is 2.40.